The summed E-state index contributed by atoms with van der Waals surface area (Å²) in [5.74, 6) is 0.172. The Morgan fingerprint density at radius 3 is 2.70 bits per heavy atom. The first-order valence-electron chi connectivity index (χ1n) is 6.98. The molecule has 2 aromatic rings. The molecule has 0 spiro atoms. The van der Waals surface area contributed by atoms with Gasteiger partial charge >= 0.3 is 0 Å². The molecule has 0 atom stereocenters. The second-order valence-corrected chi connectivity index (χ2v) is 6.13. The minimum atomic E-state index is -0.281. The number of likely N-dealkylation sites (tertiary alicyclic amines) is 1. The van der Waals surface area contributed by atoms with E-state index in [0.29, 0.717) is 10.4 Å². The van der Waals surface area contributed by atoms with E-state index in [2.05, 4.69) is 25.8 Å². The van der Waals surface area contributed by atoms with E-state index in [1.54, 1.807) is 6.07 Å². The van der Waals surface area contributed by atoms with E-state index in [1.165, 1.54) is 25.3 Å². The van der Waals surface area contributed by atoms with Gasteiger partial charge in [0, 0.05) is 19.2 Å². The number of halogens is 2. The van der Waals surface area contributed by atoms with Crippen LogP contribution >= 0.6 is 15.9 Å². The van der Waals surface area contributed by atoms with Crippen molar-refractivity contribution in [3.63, 3.8) is 0 Å². The molecular formula is C14H18BrFN4. The van der Waals surface area contributed by atoms with Crippen molar-refractivity contribution in [2.45, 2.75) is 25.8 Å². The van der Waals surface area contributed by atoms with Crippen molar-refractivity contribution >= 4 is 32.9 Å². The van der Waals surface area contributed by atoms with Crippen LogP contribution in [0.3, 0.4) is 0 Å². The van der Waals surface area contributed by atoms with Gasteiger partial charge in [0.2, 0.25) is 5.95 Å². The maximum absolute atomic E-state index is 13.7. The summed E-state index contributed by atoms with van der Waals surface area (Å²) in [6.45, 7) is 3.98. The molecule has 20 heavy (non-hydrogen) atoms. The molecule has 108 valence electrons. The van der Waals surface area contributed by atoms with Gasteiger partial charge in [0.15, 0.2) is 0 Å². The summed E-state index contributed by atoms with van der Waals surface area (Å²) >= 11 is 3.18. The molecule has 2 heterocycles. The van der Waals surface area contributed by atoms with Crippen LogP contribution in [0.5, 0.6) is 0 Å². The van der Waals surface area contributed by atoms with Crippen molar-refractivity contribution in [1.29, 1.82) is 0 Å². The molecule has 4 nitrogen and oxygen atoms in total. The summed E-state index contributed by atoms with van der Waals surface area (Å²) in [4.78, 5) is 6.74. The largest absolute Gasteiger partial charge is 0.369 e. The molecule has 0 radical (unpaired) electrons. The van der Waals surface area contributed by atoms with Gasteiger partial charge in [-0.2, -0.15) is 0 Å². The molecule has 0 amide bonds. The van der Waals surface area contributed by atoms with Crippen molar-refractivity contribution in [1.82, 2.24) is 14.5 Å². The Morgan fingerprint density at radius 1 is 1.20 bits per heavy atom. The van der Waals surface area contributed by atoms with E-state index in [-0.39, 0.29) is 5.82 Å². The lowest BCUT2D eigenvalue weighted by Crippen LogP contribution is -2.32. The fourth-order valence-electron chi connectivity index (χ4n) is 2.80. The van der Waals surface area contributed by atoms with Gasteiger partial charge in [0.1, 0.15) is 5.82 Å². The van der Waals surface area contributed by atoms with Gasteiger partial charge in [-0.3, -0.25) is 0 Å². The Hall–Kier alpha value is -1.14. The maximum atomic E-state index is 13.7. The summed E-state index contributed by atoms with van der Waals surface area (Å²) < 4.78 is 16.0. The zero-order valence-electron chi connectivity index (χ0n) is 11.3. The summed E-state index contributed by atoms with van der Waals surface area (Å²) in [6.07, 6.45) is 3.86. The van der Waals surface area contributed by atoms with Crippen LogP contribution in [-0.2, 0) is 6.54 Å². The number of rotatable bonds is 3. The predicted molar refractivity (Wildman–Crippen MR) is 82.1 cm³/mol. The fraction of sp³-hybridized carbons (Fsp3) is 0.500. The van der Waals surface area contributed by atoms with Crippen LogP contribution in [0, 0.1) is 5.82 Å². The van der Waals surface area contributed by atoms with Gasteiger partial charge < -0.3 is 15.2 Å². The quantitative estimate of drug-likeness (QED) is 0.934. The van der Waals surface area contributed by atoms with E-state index < -0.39 is 0 Å². The van der Waals surface area contributed by atoms with Crippen LogP contribution in [0.1, 0.15) is 19.3 Å². The molecule has 0 bridgehead atoms. The second-order valence-electron chi connectivity index (χ2n) is 5.28. The van der Waals surface area contributed by atoms with Crippen LogP contribution in [0.15, 0.2) is 16.6 Å². The van der Waals surface area contributed by atoms with Crippen molar-refractivity contribution < 1.29 is 4.39 Å². The van der Waals surface area contributed by atoms with Crippen LogP contribution in [0.25, 0.3) is 11.0 Å². The molecule has 1 aromatic heterocycles. The van der Waals surface area contributed by atoms with E-state index in [9.17, 15) is 4.39 Å². The van der Waals surface area contributed by atoms with E-state index in [4.69, 9.17) is 5.73 Å². The first kappa shape index (κ1) is 13.8. The Labute approximate surface area is 125 Å². The number of fused-ring (bicyclic) bond motifs is 1. The Balaban J connectivity index is 1.83. The molecular weight excluding hydrogens is 323 g/mol. The molecule has 1 saturated heterocycles. The number of hydrogen-bond acceptors (Lipinski definition) is 3. The van der Waals surface area contributed by atoms with Gasteiger partial charge in [-0.25, -0.2) is 9.37 Å². The van der Waals surface area contributed by atoms with Gasteiger partial charge in [0.05, 0.1) is 15.5 Å². The molecule has 6 heteroatoms. The SMILES string of the molecule is Nc1nc2cc(Br)c(F)cc2n1CCN1CCCCC1. The lowest BCUT2D eigenvalue weighted by Gasteiger charge is -2.26. The third kappa shape index (κ3) is 2.67. The summed E-state index contributed by atoms with van der Waals surface area (Å²) in [7, 11) is 0. The number of imidazole rings is 1. The molecule has 0 aliphatic carbocycles. The smallest absolute Gasteiger partial charge is 0.201 e. The average molecular weight is 341 g/mol. The minimum absolute atomic E-state index is 0.281. The highest BCUT2D eigenvalue weighted by Gasteiger charge is 2.14. The first-order valence-corrected chi connectivity index (χ1v) is 7.77. The van der Waals surface area contributed by atoms with Crippen molar-refractivity contribution in [2.75, 3.05) is 25.4 Å². The topological polar surface area (TPSA) is 47.1 Å². The number of nitrogens with zero attached hydrogens (tertiary/aromatic N) is 3. The monoisotopic (exact) mass is 340 g/mol. The van der Waals surface area contributed by atoms with Gasteiger partial charge in [-0.1, -0.05) is 6.42 Å². The zero-order chi connectivity index (χ0) is 14.1. The molecule has 1 aromatic carbocycles. The van der Waals surface area contributed by atoms with Gasteiger partial charge in [-0.05, 0) is 47.9 Å². The Bertz CT molecular complexity index is 619. The van der Waals surface area contributed by atoms with Crippen molar-refractivity contribution in [3.8, 4) is 0 Å². The number of piperidine rings is 1. The van der Waals surface area contributed by atoms with Crippen LogP contribution in [0.4, 0.5) is 10.3 Å². The second kappa shape index (κ2) is 5.69. The van der Waals surface area contributed by atoms with Gasteiger partial charge in [-0.15, -0.1) is 0 Å². The third-order valence-corrected chi connectivity index (χ3v) is 4.52. The van der Waals surface area contributed by atoms with Crippen molar-refractivity contribution in [2.24, 2.45) is 0 Å². The molecule has 1 fully saturated rings. The van der Waals surface area contributed by atoms with Crippen molar-refractivity contribution in [3.05, 3.63) is 22.4 Å². The molecule has 0 unspecified atom stereocenters. The Morgan fingerprint density at radius 2 is 1.95 bits per heavy atom. The minimum Gasteiger partial charge on any atom is -0.369 e. The summed E-state index contributed by atoms with van der Waals surface area (Å²) in [5, 5.41) is 0. The fourth-order valence-corrected chi connectivity index (χ4v) is 3.13. The van der Waals surface area contributed by atoms with Crippen LogP contribution in [-0.4, -0.2) is 34.1 Å². The van der Waals surface area contributed by atoms with E-state index >= 15 is 0 Å². The Kier molecular flexibility index (Phi) is 3.94. The third-order valence-electron chi connectivity index (χ3n) is 3.91. The number of nitrogens with two attached hydrogens (primary N) is 1. The predicted octanol–water partition coefficient (Wildman–Crippen LogP) is 3.01. The number of anilines is 1. The van der Waals surface area contributed by atoms with E-state index in [1.807, 2.05) is 4.57 Å². The highest BCUT2D eigenvalue weighted by molar-refractivity contribution is 9.10. The molecule has 0 saturated carbocycles. The summed E-state index contributed by atoms with van der Waals surface area (Å²) in [5.41, 5.74) is 7.46. The first-order chi connectivity index (χ1) is 9.65. The van der Waals surface area contributed by atoms with E-state index in [0.717, 1.165) is 37.2 Å². The number of nitrogen functional groups attached to an aromatic ring is 1. The number of aromatic nitrogens is 2. The lowest BCUT2D eigenvalue weighted by molar-refractivity contribution is 0.222. The maximum Gasteiger partial charge on any atom is 0.201 e. The number of benzene rings is 1. The molecule has 1 aliphatic heterocycles. The number of hydrogen-bond donors (Lipinski definition) is 1. The average Bonchev–Trinajstić information content (AvgIpc) is 2.73. The molecule has 2 N–H and O–H groups in total. The summed E-state index contributed by atoms with van der Waals surface area (Å²) in [6, 6.07) is 3.18. The standard InChI is InChI=1S/C14H18BrFN4/c15-10-8-12-13(9-11(10)16)20(14(17)18-12)7-6-19-4-2-1-3-5-19/h8-9H,1-7H2,(H2,17,18). The molecule has 1 aliphatic rings. The highest BCUT2D eigenvalue weighted by atomic mass is 79.9. The van der Waals surface area contributed by atoms with Crippen LogP contribution < -0.4 is 5.73 Å². The van der Waals surface area contributed by atoms with Crippen LogP contribution in [0.2, 0.25) is 0 Å². The van der Waals surface area contributed by atoms with Gasteiger partial charge in [0.25, 0.3) is 0 Å². The highest BCUT2D eigenvalue weighted by Crippen LogP contribution is 2.25. The zero-order valence-corrected chi connectivity index (χ0v) is 12.9. The molecule has 3 rings (SSSR count). The lowest BCUT2D eigenvalue weighted by atomic mass is 10.1. The normalized spacial score (nSPS) is 16.9.